The second kappa shape index (κ2) is 3.65. The molecule has 6 heteroatoms. The lowest BCUT2D eigenvalue weighted by Gasteiger charge is -2.02. The van der Waals surface area contributed by atoms with E-state index in [9.17, 15) is 9.59 Å². The monoisotopic (exact) mass is 219 g/mol. The smallest absolute Gasteiger partial charge is 0.309 e. The number of anilines is 1. The summed E-state index contributed by atoms with van der Waals surface area (Å²) >= 11 is 0. The summed E-state index contributed by atoms with van der Waals surface area (Å²) in [6.45, 7) is 0. The Morgan fingerprint density at radius 3 is 2.94 bits per heavy atom. The van der Waals surface area contributed by atoms with E-state index in [0.29, 0.717) is 11.3 Å². The molecule has 0 aliphatic heterocycles. The third-order valence-electron chi connectivity index (χ3n) is 2.07. The Morgan fingerprint density at radius 2 is 2.25 bits per heavy atom. The number of aromatic nitrogens is 2. The predicted molar refractivity (Wildman–Crippen MR) is 57.2 cm³/mol. The van der Waals surface area contributed by atoms with Gasteiger partial charge in [0.05, 0.1) is 12.1 Å². The van der Waals surface area contributed by atoms with E-state index < -0.39 is 5.97 Å². The molecule has 0 atom stereocenters. The zero-order chi connectivity index (χ0) is 11.7. The second-order valence-corrected chi connectivity index (χ2v) is 3.35. The van der Waals surface area contributed by atoms with Gasteiger partial charge in [-0.15, -0.1) is 0 Å². The number of rotatable bonds is 2. The molecule has 0 radical (unpaired) electrons. The first-order valence-corrected chi connectivity index (χ1v) is 4.56. The third kappa shape index (κ3) is 1.85. The van der Waals surface area contributed by atoms with E-state index in [4.69, 9.17) is 10.8 Å². The molecule has 0 aliphatic rings. The number of aliphatic carboxylic acids is 1. The van der Waals surface area contributed by atoms with Gasteiger partial charge in [0.25, 0.3) is 5.56 Å². The molecule has 82 valence electrons. The van der Waals surface area contributed by atoms with Crippen LogP contribution in [0.5, 0.6) is 0 Å². The zero-order valence-electron chi connectivity index (χ0n) is 8.25. The minimum Gasteiger partial charge on any atom is -0.481 e. The maximum Gasteiger partial charge on any atom is 0.309 e. The van der Waals surface area contributed by atoms with E-state index in [1.807, 2.05) is 0 Å². The van der Waals surface area contributed by atoms with Crippen molar-refractivity contribution >= 4 is 17.3 Å². The van der Waals surface area contributed by atoms with Crippen LogP contribution in [0.3, 0.4) is 0 Å². The van der Waals surface area contributed by atoms with Gasteiger partial charge in [-0.2, -0.15) is 0 Å². The summed E-state index contributed by atoms with van der Waals surface area (Å²) in [4.78, 5) is 26.2. The number of nitrogens with two attached hydrogens (primary N) is 1. The van der Waals surface area contributed by atoms with Crippen LogP contribution in [0.4, 0.5) is 5.69 Å². The van der Waals surface area contributed by atoms with Gasteiger partial charge >= 0.3 is 5.97 Å². The van der Waals surface area contributed by atoms with Crippen LogP contribution in [-0.4, -0.2) is 20.5 Å². The second-order valence-electron chi connectivity index (χ2n) is 3.35. The fourth-order valence-electron chi connectivity index (χ4n) is 1.41. The van der Waals surface area contributed by atoms with Gasteiger partial charge in [-0.1, -0.05) is 0 Å². The van der Waals surface area contributed by atoms with Gasteiger partial charge in [0, 0.05) is 18.0 Å². The van der Waals surface area contributed by atoms with Crippen LogP contribution in [0.15, 0.2) is 29.2 Å². The normalized spacial score (nSPS) is 10.5. The first kappa shape index (κ1) is 10.2. The molecule has 16 heavy (non-hydrogen) atoms. The van der Waals surface area contributed by atoms with Crippen molar-refractivity contribution in [2.45, 2.75) is 6.42 Å². The summed E-state index contributed by atoms with van der Waals surface area (Å²) in [6.07, 6.45) is 1.19. The molecule has 6 nitrogen and oxygen atoms in total. The summed E-state index contributed by atoms with van der Waals surface area (Å²) in [5, 5.41) is 8.61. The molecule has 2 rings (SSSR count). The maximum absolute atomic E-state index is 11.6. The molecule has 0 unspecified atom stereocenters. The van der Waals surface area contributed by atoms with E-state index in [1.54, 1.807) is 12.1 Å². The van der Waals surface area contributed by atoms with Gasteiger partial charge in [0.2, 0.25) is 0 Å². The molecule has 2 aromatic rings. The van der Waals surface area contributed by atoms with E-state index in [2.05, 4.69) is 4.98 Å². The molecule has 0 aliphatic carbocycles. The van der Waals surface area contributed by atoms with Crippen molar-refractivity contribution in [2.24, 2.45) is 0 Å². The zero-order valence-corrected chi connectivity index (χ0v) is 8.25. The van der Waals surface area contributed by atoms with Crippen LogP contribution in [0.25, 0.3) is 5.65 Å². The Balaban J connectivity index is 2.64. The van der Waals surface area contributed by atoms with Crippen LogP contribution in [0.2, 0.25) is 0 Å². The summed E-state index contributed by atoms with van der Waals surface area (Å²) < 4.78 is 1.28. The van der Waals surface area contributed by atoms with Crippen LogP contribution >= 0.6 is 0 Å². The van der Waals surface area contributed by atoms with Gasteiger partial charge in [-0.05, 0) is 12.1 Å². The Kier molecular flexibility index (Phi) is 2.32. The number of pyridine rings is 1. The molecule has 0 bridgehead atoms. The van der Waals surface area contributed by atoms with E-state index in [0.717, 1.165) is 0 Å². The molecular formula is C10H9N3O3. The highest BCUT2D eigenvalue weighted by Crippen LogP contribution is 2.04. The Bertz CT molecular complexity index is 618. The molecule has 3 N–H and O–H groups in total. The Morgan fingerprint density at radius 1 is 1.50 bits per heavy atom. The quantitative estimate of drug-likeness (QED) is 0.735. The van der Waals surface area contributed by atoms with Crippen molar-refractivity contribution in [1.29, 1.82) is 0 Å². The molecule has 2 heterocycles. The SMILES string of the molecule is Nc1ccc2nc(CC(=O)O)cc(=O)n2c1. The number of carboxylic acids is 1. The van der Waals surface area contributed by atoms with Crippen molar-refractivity contribution in [1.82, 2.24) is 9.38 Å². The van der Waals surface area contributed by atoms with Crippen LogP contribution in [-0.2, 0) is 11.2 Å². The first-order valence-electron chi connectivity index (χ1n) is 4.56. The molecule has 0 aromatic carbocycles. The lowest BCUT2D eigenvalue weighted by molar-refractivity contribution is -0.136. The van der Waals surface area contributed by atoms with Gasteiger partial charge < -0.3 is 10.8 Å². The van der Waals surface area contributed by atoms with E-state index >= 15 is 0 Å². The predicted octanol–water partition coefficient (Wildman–Crippen LogP) is -0.0962. The number of carbonyl (C=O) groups is 1. The number of hydrogen-bond acceptors (Lipinski definition) is 4. The topological polar surface area (TPSA) is 97.7 Å². The average Bonchev–Trinajstić information content (AvgIpc) is 2.18. The van der Waals surface area contributed by atoms with Crippen molar-refractivity contribution in [3.63, 3.8) is 0 Å². The van der Waals surface area contributed by atoms with Crippen molar-refractivity contribution in [3.8, 4) is 0 Å². The lowest BCUT2D eigenvalue weighted by atomic mass is 10.3. The molecule has 0 spiro atoms. The summed E-state index contributed by atoms with van der Waals surface area (Å²) in [6, 6.07) is 4.37. The Labute approximate surface area is 90.0 Å². The van der Waals surface area contributed by atoms with Gasteiger partial charge in [-0.25, -0.2) is 4.98 Å². The third-order valence-corrected chi connectivity index (χ3v) is 2.07. The molecule has 2 aromatic heterocycles. The van der Waals surface area contributed by atoms with Crippen molar-refractivity contribution < 1.29 is 9.90 Å². The molecular weight excluding hydrogens is 210 g/mol. The van der Waals surface area contributed by atoms with Gasteiger partial charge in [0.15, 0.2) is 0 Å². The number of hydrogen-bond donors (Lipinski definition) is 2. The highest BCUT2D eigenvalue weighted by atomic mass is 16.4. The average molecular weight is 219 g/mol. The fraction of sp³-hybridized carbons (Fsp3) is 0.100. The van der Waals surface area contributed by atoms with Crippen molar-refractivity contribution in [2.75, 3.05) is 5.73 Å². The number of carboxylic acid groups (broad SMARTS) is 1. The fourth-order valence-corrected chi connectivity index (χ4v) is 1.41. The number of fused-ring (bicyclic) bond motifs is 1. The number of nitrogen functional groups attached to an aromatic ring is 1. The summed E-state index contributed by atoms with van der Waals surface area (Å²) in [5.41, 5.74) is 6.26. The number of nitrogens with zero attached hydrogens (tertiary/aromatic N) is 2. The van der Waals surface area contributed by atoms with Crippen LogP contribution in [0, 0.1) is 0 Å². The highest BCUT2D eigenvalue weighted by Gasteiger charge is 2.06. The minimum atomic E-state index is -1.02. The summed E-state index contributed by atoms with van der Waals surface area (Å²) in [7, 11) is 0. The van der Waals surface area contributed by atoms with Crippen LogP contribution < -0.4 is 11.3 Å². The standard InChI is InChI=1S/C10H9N3O3/c11-6-1-2-8-12-7(4-10(15)16)3-9(14)13(8)5-6/h1-3,5H,4,11H2,(H,15,16). The molecule has 0 saturated carbocycles. The summed E-state index contributed by atoms with van der Waals surface area (Å²) in [5.74, 6) is -1.02. The highest BCUT2D eigenvalue weighted by molar-refractivity contribution is 5.69. The first-order chi connectivity index (χ1) is 7.56. The maximum atomic E-state index is 11.6. The molecule has 0 amide bonds. The molecule has 0 saturated heterocycles. The van der Waals surface area contributed by atoms with Crippen molar-refractivity contribution in [3.05, 3.63) is 40.4 Å². The van der Waals surface area contributed by atoms with Gasteiger partial charge in [-0.3, -0.25) is 14.0 Å². The van der Waals surface area contributed by atoms with Crippen LogP contribution in [0.1, 0.15) is 5.69 Å². The largest absolute Gasteiger partial charge is 0.481 e. The molecule has 0 fully saturated rings. The minimum absolute atomic E-state index is 0.238. The van der Waals surface area contributed by atoms with Gasteiger partial charge in [0.1, 0.15) is 5.65 Å². The Hall–Kier alpha value is -2.37. The van der Waals surface area contributed by atoms with E-state index in [-0.39, 0.29) is 17.7 Å². The lowest BCUT2D eigenvalue weighted by Crippen LogP contribution is -2.17. The van der Waals surface area contributed by atoms with E-state index in [1.165, 1.54) is 16.7 Å².